The van der Waals surface area contributed by atoms with Crippen molar-refractivity contribution < 1.29 is 4.39 Å². The highest BCUT2D eigenvalue weighted by Gasteiger charge is 2.24. The Kier molecular flexibility index (Phi) is 6.66. The summed E-state index contributed by atoms with van der Waals surface area (Å²) >= 11 is 1.73. The number of rotatable bonds is 5. The number of thioether (sulfide) groups is 1. The van der Waals surface area contributed by atoms with Crippen molar-refractivity contribution in [2.45, 2.75) is 10.9 Å². The van der Waals surface area contributed by atoms with Crippen LogP contribution in [0.5, 0.6) is 0 Å². The normalized spacial score (nSPS) is 15.9. The fourth-order valence-corrected chi connectivity index (χ4v) is 4.79. The number of hydrogen-bond acceptors (Lipinski definition) is 6. The molecule has 1 aliphatic rings. The van der Waals surface area contributed by atoms with Gasteiger partial charge in [0.2, 0.25) is 5.95 Å². The van der Waals surface area contributed by atoms with Crippen LogP contribution in [0.3, 0.4) is 0 Å². The summed E-state index contributed by atoms with van der Waals surface area (Å²) < 4.78 is 15.8. The van der Waals surface area contributed by atoms with Crippen LogP contribution in [0, 0.1) is 5.82 Å². The first-order valence-corrected chi connectivity index (χ1v) is 12.7. The largest absolute Gasteiger partial charge is 0.339 e. The van der Waals surface area contributed by atoms with Gasteiger partial charge in [-0.15, -0.1) is 11.8 Å². The van der Waals surface area contributed by atoms with Crippen LogP contribution in [0.4, 0.5) is 10.3 Å². The molecule has 0 spiro atoms. The van der Waals surface area contributed by atoms with Gasteiger partial charge in [0, 0.05) is 55.4 Å². The lowest BCUT2D eigenvalue weighted by atomic mass is 9.99. The maximum absolute atomic E-state index is 14.3. The highest BCUT2D eigenvalue weighted by molar-refractivity contribution is 7.98. The number of aromatic nitrogens is 3. The molecule has 1 fully saturated rings. The molecule has 1 aliphatic heterocycles. The number of piperazine rings is 1. The predicted molar refractivity (Wildman–Crippen MR) is 139 cm³/mol. The number of nitrogens with zero attached hydrogens (tertiary/aromatic N) is 4. The lowest BCUT2D eigenvalue weighted by molar-refractivity contribution is 0.462. The number of pyridine rings is 1. The molecule has 2 aromatic carbocycles. The van der Waals surface area contributed by atoms with Gasteiger partial charge in [0.05, 0.1) is 11.9 Å². The van der Waals surface area contributed by atoms with Crippen LogP contribution in [0.1, 0.15) is 11.6 Å². The van der Waals surface area contributed by atoms with Gasteiger partial charge < -0.3 is 10.2 Å². The lowest BCUT2D eigenvalue weighted by Crippen LogP contribution is -2.47. The molecule has 178 valence electrons. The molecule has 2 aromatic heterocycles. The van der Waals surface area contributed by atoms with Crippen LogP contribution < -0.4 is 15.8 Å². The van der Waals surface area contributed by atoms with E-state index in [4.69, 9.17) is 0 Å². The van der Waals surface area contributed by atoms with Crippen molar-refractivity contribution in [3.05, 3.63) is 94.8 Å². The van der Waals surface area contributed by atoms with Gasteiger partial charge in [0.15, 0.2) is 5.82 Å². The quantitative estimate of drug-likeness (QED) is 0.418. The molecule has 5 rings (SSSR count). The topological polar surface area (TPSA) is 63.1 Å². The van der Waals surface area contributed by atoms with Crippen LogP contribution in [0.15, 0.2) is 82.7 Å². The van der Waals surface area contributed by atoms with Gasteiger partial charge in [-0.3, -0.25) is 14.3 Å². The van der Waals surface area contributed by atoms with E-state index in [1.807, 2.05) is 0 Å². The van der Waals surface area contributed by atoms with Gasteiger partial charge in [-0.05, 0) is 41.1 Å². The Bertz CT molecular complexity index is 1390. The Hall–Kier alpha value is -3.49. The molecule has 0 aliphatic carbocycles. The molecule has 1 N–H and O–H groups in total. The predicted octanol–water partition coefficient (Wildman–Crippen LogP) is 4.52. The van der Waals surface area contributed by atoms with Crippen LogP contribution in [-0.2, 0) is 7.05 Å². The Balaban J connectivity index is 1.39. The Labute approximate surface area is 207 Å². The monoisotopic (exact) mass is 487 g/mol. The third-order valence-electron chi connectivity index (χ3n) is 6.35. The molecular weight excluding hydrogens is 461 g/mol. The zero-order valence-corrected chi connectivity index (χ0v) is 20.4. The first kappa shape index (κ1) is 23.3. The van der Waals surface area contributed by atoms with Crippen molar-refractivity contribution in [2.75, 3.05) is 30.8 Å². The smallest absolute Gasteiger partial charge is 0.255 e. The standard InChI is InChI=1S/C27H26FN5OS/c1-32-26(34)15-24(22-11-12-29-16-23(22)28)31-27(32)33-14-13-30-25(17-33)20-5-3-18(4-6-20)19-7-9-21(35-2)10-8-19/h3-12,15-16,25,30H,13-14,17H2,1-2H3/t25-/m1/s1. The van der Waals surface area contributed by atoms with E-state index in [0.29, 0.717) is 24.7 Å². The summed E-state index contributed by atoms with van der Waals surface area (Å²) in [5.41, 5.74) is 3.88. The van der Waals surface area contributed by atoms with Gasteiger partial charge in [0.25, 0.3) is 5.56 Å². The van der Waals surface area contributed by atoms with Crippen LogP contribution in [0.2, 0.25) is 0 Å². The van der Waals surface area contributed by atoms with Crippen molar-refractivity contribution in [3.63, 3.8) is 0 Å². The minimum atomic E-state index is -0.499. The fourth-order valence-electron chi connectivity index (χ4n) is 4.38. The molecule has 8 heteroatoms. The summed E-state index contributed by atoms with van der Waals surface area (Å²) in [6.45, 7) is 2.08. The molecule has 0 amide bonds. The molecule has 3 heterocycles. The van der Waals surface area contributed by atoms with Gasteiger partial charge >= 0.3 is 0 Å². The number of anilines is 1. The van der Waals surface area contributed by atoms with Crippen molar-refractivity contribution in [1.29, 1.82) is 0 Å². The number of hydrogen-bond donors (Lipinski definition) is 1. The third-order valence-corrected chi connectivity index (χ3v) is 7.10. The summed E-state index contributed by atoms with van der Waals surface area (Å²) in [4.78, 5) is 24.5. The number of nitrogens with one attached hydrogen (secondary N) is 1. The summed E-state index contributed by atoms with van der Waals surface area (Å²) in [6, 6.07) is 20.1. The molecule has 4 aromatic rings. The number of benzene rings is 2. The van der Waals surface area contributed by atoms with E-state index < -0.39 is 5.82 Å². The van der Waals surface area contributed by atoms with Crippen molar-refractivity contribution in [1.82, 2.24) is 19.9 Å². The SMILES string of the molecule is CSc1ccc(-c2ccc([C@H]3CN(c4nc(-c5ccncc5F)cc(=O)n4C)CCN3)cc2)cc1. The molecule has 0 bridgehead atoms. The van der Waals surface area contributed by atoms with Gasteiger partial charge in [0.1, 0.15) is 0 Å². The van der Waals surface area contributed by atoms with E-state index in [0.717, 1.165) is 12.7 Å². The van der Waals surface area contributed by atoms with E-state index in [1.54, 1.807) is 18.8 Å². The van der Waals surface area contributed by atoms with Crippen molar-refractivity contribution in [2.24, 2.45) is 7.05 Å². The first-order valence-electron chi connectivity index (χ1n) is 11.4. The molecule has 0 saturated carbocycles. The second-order valence-electron chi connectivity index (χ2n) is 8.50. The Morgan fingerprint density at radius 3 is 2.46 bits per heavy atom. The molecule has 1 saturated heterocycles. The van der Waals surface area contributed by atoms with Crippen LogP contribution >= 0.6 is 11.8 Å². The lowest BCUT2D eigenvalue weighted by Gasteiger charge is -2.35. The average molecular weight is 488 g/mol. The first-order chi connectivity index (χ1) is 17.0. The van der Waals surface area contributed by atoms with E-state index in [9.17, 15) is 9.18 Å². The second kappa shape index (κ2) is 10.0. The number of halogens is 1. The molecule has 35 heavy (non-hydrogen) atoms. The fraction of sp³-hybridized carbons (Fsp3) is 0.222. The summed E-state index contributed by atoms with van der Waals surface area (Å²) in [5.74, 6) is 0.0290. The third kappa shape index (κ3) is 4.85. The molecule has 0 unspecified atom stereocenters. The zero-order valence-electron chi connectivity index (χ0n) is 19.6. The maximum atomic E-state index is 14.3. The molecular formula is C27H26FN5OS. The molecule has 0 radical (unpaired) electrons. The van der Waals surface area contributed by atoms with Crippen LogP contribution in [-0.4, -0.2) is 40.4 Å². The average Bonchev–Trinajstić information content (AvgIpc) is 2.91. The van der Waals surface area contributed by atoms with E-state index in [1.165, 1.54) is 44.5 Å². The van der Waals surface area contributed by atoms with Gasteiger partial charge in [-0.2, -0.15) is 0 Å². The minimum absolute atomic E-state index is 0.0786. The Morgan fingerprint density at radius 1 is 1.06 bits per heavy atom. The Morgan fingerprint density at radius 2 is 1.77 bits per heavy atom. The minimum Gasteiger partial charge on any atom is -0.339 e. The van der Waals surface area contributed by atoms with E-state index in [-0.39, 0.29) is 17.2 Å². The van der Waals surface area contributed by atoms with Gasteiger partial charge in [-0.25, -0.2) is 9.37 Å². The van der Waals surface area contributed by atoms with E-state index in [2.05, 4.69) is 75.0 Å². The van der Waals surface area contributed by atoms with E-state index >= 15 is 0 Å². The summed E-state index contributed by atoms with van der Waals surface area (Å²) in [7, 11) is 1.70. The highest BCUT2D eigenvalue weighted by Crippen LogP contribution is 2.27. The van der Waals surface area contributed by atoms with Gasteiger partial charge in [-0.1, -0.05) is 36.4 Å². The summed E-state index contributed by atoms with van der Waals surface area (Å²) in [5, 5.41) is 3.57. The second-order valence-corrected chi connectivity index (χ2v) is 9.38. The molecule has 1 atom stereocenters. The van der Waals surface area contributed by atoms with Crippen molar-refractivity contribution in [3.8, 4) is 22.4 Å². The highest BCUT2D eigenvalue weighted by atomic mass is 32.2. The summed E-state index contributed by atoms with van der Waals surface area (Å²) in [6.07, 6.45) is 4.71. The maximum Gasteiger partial charge on any atom is 0.255 e. The zero-order chi connectivity index (χ0) is 24.4. The molecule has 6 nitrogen and oxygen atoms in total. The van der Waals surface area contributed by atoms with Crippen LogP contribution in [0.25, 0.3) is 22.4 Å². The van der Waals surface area contributed by atoms with Crippen molar-refractivity contribution >= 4 is 17.7 Å².